The zero-order chi connectivity index (χ0) is 23.6. The Morgan fingerprint density at radius 3 is 2.66 bits per heavy atom. The number of hydroxylamine groups is 2. The lowest BCUT2D eigenvalue weighted by Gasteiger charge is -2.44. The summed E-state index contributed by atoms with van der Waals surface area (Å²) in [5, 5.41) is 20.7. The number of rotatable bonds is 3. The Bertz CT molecular complexity index is 1600. The maximum atomic E-state index is 14.3. The molecular formula is C27H28N7O+. The first-order chi connectivity index (χ1) is 17.1. The van der Waals surface area contributed by atoms with Crippen molar-refractivity contribution in [2.75, 3.05) is 26.2 Å². The molecule has 8 nitrogen and oxygen atoms in total. The normalized spacial score (nSPS) is 18.3. The van der Waals surface area contributed by atoms with Crippen LogP contribution >= 0.6 is 0 Å². The SMILES string of the molecule is C[n+]1cc(C2CCC2)c2c([N+]3([O-])CCNCC3)nc(-c3ccnc4[nH]c5ccccc5c34)nc2c1. The number of nitrogens with one attached hydrogen (secondary N) is 2. The molecule has 1 aliphatic heterocycles. The van der Waals surface area contributed by atoms with E-state index in [-0.39, 0.29) is 0 Å². The van der Waals surface area contributed by atoms with Crippen LogP contribution in [0.5, 0.6) is 0 Å². The van der Waals surface area contributed by atoms with Gasteiger partial charge in [0, 0.05) is 46.7 Å². The number of hydrogen-bond acceptors (Lipinski definition) is 5. The predicted molar refractivity (Wildman–Crippen MR) is 138 cm³/mol. The van der Waals surface area contributed by atoms with Crippen molar-refractivity contribution in [2.24, 2.45) is 7.05 Å². The van der Waals surface area contributed by atoms with Crippen LogP contribution in [0.4, 0.5) is 5.82 Å². The van der Waals surface area contributed by atoms with Crippen molar-refractivity contribution >= 4 is 38.7 Å². The van der Waals surface area contributed by atoms with E-state index in [1.807, 2.05) is 31.4 Å². The van der Waals surface area contributed by atoms with Gasteiger partial charge in [0.1, 0.15) is 18.2 Å². The van der Waals surface area contributed by atoms with Crippen molar-refractivity contribution in [2.45, 2.75) is 25.2 Å². The molecule has 1 aliphatic carbocycles. The molecule has 0 amide bonds. The molecule has 0 atom stereocenters. The topological polar surface area (TPSA) is 93.4 Å². The molecule has 5 heterocycles. The summed E-state index contributed by atoms with van der Waals surface area (Å²) >= 11 is 0. The minimum Gasteiger partial charge on any atom is -0.626 e. The van der Waals surface area contributed by atoms with Gasteiger partial charge in [-0.15, -0.1) is 0 Å². The number of benzene rings is 1. The lowest BCUT2D eigenvalue weighted by Crippen LogP contribution is -2.56. The van der Waals surface area contributed by atoms with Crippen molar-refractivity contribution in [1.29, 1.82) is 0 Å². The van der Waals surface area contributed by atoms with E-state index < -0.39 is 4.65 Å². The van der Waals surface area contributed by atoms with E-state index in [0.29, 0.717) is 43.7 Å². The van der Waals surface area contributed by atoms with E-state index in [0.717, 1.165) is 51.2 Å². The summed E-state index contributed by atoms with van der Waals surface area (Å²) in [6.07, 6.45) is 9.54. The highest BCUT2D eigenvalue weighted by Gasteiger charge is 2.34. The second kappa shape index (κ2) is 7.78. The highest BCUT2D eigenvalue weighted by atomic mass is 16.5. The highest BCUT2D eigenvalue weighted by molar-refractivity contribution is 6.12. The van der Waals surface area contributed by atoms with E-state index in [1.165, 1.54) is 12.0 Å². The van der Waals surface area contributed by atoms with Crippen molar-refractivity contribution < 1.29 is 4.57 Å². The average Bonchev–Trinajstić information content (AvgIpc) is 3.21. The predicted octanol–water partition coefficient (Wildman–Crippen LogP) is 3.83. The second-order valence-electron chi connectivity index (χ2n) is 9.98. The largest absolute Gasteiger partial charge is 0.626 e. The number of hydrogen-bond donors (Lipinski definition) is 2. The Labute approximate surface area is 202 Å². The van der Waals surface area contributed by atoms with Crippen LogP contribution in [0.25, 0.3) is 44.2 Å². The number of aryl methyl sites for hydroxylation is 1. The number of pyridine rings is 2. The molecule has 0 bridgehead atoms. The Hall–Kier alpha value is -3.46. The maximum absolute atomic E-state index is 14.3. The summed E-state index contributed by atoms with van der Waals surface area (Å²) in [4.78, 5) is 18.2. The number of piperazine rings is 1. The van der Waals surface area contributed by atoms with Crippen LogP contribution in [0.2, 0.25) is 0 Å². The first-order valence-corrected chi connectivity index (χ1v) is 12.5. The first kappa shape index (κ1) is 20.9. The summed E-state index contributed by atoms with van der Waals surface area (Å²) in [5.74, 6) is 1.66. The van der Waals surface area contributed by atoms with Gasteiger partial charge in [-0.2, -0.15) is 4.98 Å². The smallest absolute Gasteiger partial charge is 0.240 e. The summed E-state index contributed by atoms with van der Waals surface area (Å²) in [5.41, 5.74) is 4.78. The van der Waals surface area contributed by atoms with Crippen molar-refractivity contribution in [1.82, 2.24) is 29.9 Å². The molecule has 1 saturated carbocycles. The first-order valence-electron chi connectivity index (χ1n) is 12.5. The molecule has 0 unspecified atom stereocenters. The van der Waals surface area contributed by atoms with Gasteiger partial charge in [0.15, 0.2) is 18.2 Å². The molecule has 2 fully saturated rings. The fraction of sp³-hybridized carbons (Fsp3) is 0.333. The monoisotopic (exact) mass is 466 g/mol. The van der Waals surface area contributed by atoms with Crippen LogP contribution in [0.15, 0.2) is 48.9 Å². The molecule has 1 aromatic carbocycles. The van der Waals surface area contributed by atoms with Gasteiger partial charge in [-0.1, -0.05) is 24.6 Å². The molecule has 0 radical (unpaired) electrons. The Morgan fingerprint density at radius 2 is 1.86 bits per heavy atom. The molecule has 35 heavy (non-hydrogen) atoms. The molecule has 4 aromatic heterocycles. The molecule has 0 spiro atoms. The minimum atomic E-state index is -0.422. The third-order valence-corrected chi connectivity index (χ3v) is 7.75. The zero-order valence-electron chi connectivity index (χ0n) is 19.8. The van der Waals surface area contributed by atoms with Crippen LogP contribution in [-0.2, 0) is 7.05 Å². The summed E-state index contributed by atoms with van der Waals surface area (Å²) < 4.78 is 1.66. The van der Waals surface area contributed by atoms with E-state index in [1.54, 1.807) is 6.20 Å². The lowest BCUT2D eigenvalue weighted by molar-refractivity contribution is -0.670. The van der Waals surface area contributed by atoms with Crippen LogP contribution in [-0.4, -0.2) is 46.1 Å². The molecule has 7 rings (SSSR count). The van der Waals surface area contributed by atoms with Crippen molar-refractivity contribution in [3.05, 3.63) is 59.7 Å². The Balaban J connectivity index is 1.55. The van der Waals surface area contributed by atoms with Gasteiger partial charge in [0.25, 0.3) is 0 Å². The number of nitrogens with zero attached hydrogens (tertiary/aromatic N) is 5. The summed E-state index contributed by atoms with van der Waals surface area (Å²) in [6.45, 7) is 2.31. The van der Waals surface area contributed by atoms with Gasteiger partial charge in [0.05, 0.1) is 18.5 Å². The van der Waals surface area contributed by atoms with Gasteiger partial charge >= 0.3 is 0 Å². The Kier molecular flexibility index (Phi) is 4.64. The third-order valence-electron chi connectivity index (χ3n) is 7.75. The number of aromatic nitrogens is 5. The second-order valence-corrected chi connectivity index (χ2v) is 9.98. The molecular weight excluding hydrogens is 438 g/mol. The minimum absolute atomic E-state index is 0.422. The van der Waals surface area contributed by atoms with E-state index in [9.17, 15) is 5.21 Å². The molecule has 176 valence electrons. The molecule has 2 N–H and O–H groups in total. The standard InChI is InChI=1S/C27H28N7O/c1-33-15-20(17-5-4-6-17)24-22(16-33)31-25(32-27(24)34(35)13-11-28-12-14-34)19-9-10-29-26-23(19)18-7-2-3-8-21(18)30-26/h2-3,7-10,15-17,28H,4-6,11-14H2,1H3,(H,29,30)/q+1. The summed E-state index contributed by atoms with van der Waals surface area (Å²) in [7, 11) is 2.04. The maximum Gasteiger partial charge on any atom is 0.240 e. The number of H-pyrrole nitrogens is 1. The molecule has 8 heteroatoms. The van der Waals surface area contributed by atoms with Gasteiger partial charge in [-0.25, -0.2) is 14.5 Å². The van der Waals surface area contributed by atoms with Crippen LogP contribution in [0, 0.1) is 5.21 Å². The molecule has 2 aliphatic rings. The summed E-state index contributed by atoms with van der Waals surface area (Å²) in [6, 6.07) is 10.2. The van der Waals surface area contributed by atoms with Gasteiger partial charge in [-0.3, -0.25) is 0 Å². The number of quaternary nitrogens is 1. The van der Waals surface area contributed by atoms with E-state index in [4.69, 9.17) is 9.97 Å². The Morgan fingerprint density at radius 1 is 1.03 bits per heavy atom. The number of fused-ring (bicyclic) bond motifs is 4. The van der Waals surface area contributed by atoms with Gasteiger partial charge in [-0.05, 0) is 30.9 Å². The van der Waals surface area contributed by atoms with E-state index >= 15 is 0 Å². The van der Waals surface area contributed by atoms with Crippen LogP contribution in [0.3, 0.4) is 0 Å². The van der Waals surface area contributed by atoms with E-state index in [2.05, 4.69) is 38.2 Å². The van der Waals surface area contributed by atoms with Crippen molar-refractivity contribution in [3.8, 4) is 11.4 Å². The van der Waals surface area contributed by atoms with Crippen LogP contribution in [0.1, 0.15) is 30.7 Å². The fourth-order valence-electron chi connectivity index (χ4n) is 5.72. The van der Waals surface area contributed by atoms with Crippen molar-refractivity contribution in [3.63, 3.8) is 0 Å². The number of aromatic amines is 1. The highest BCUT2D eigenvalue weighted by Crippen LogP contribution is 2.43. The lowest BCUT2D eigenvalue weighted by atomic mass is 9.79. The zero-order valence-corrected chi connectivity index (χ0v) is 19.8. The van der Waals surface area contributed by atoms with Gasteiger partial charge < -0.3 is 20.2 Å². The quantitative estimate of drug-likeness (QED) is 0.240. The molecule has 1 saturated heterocycles. The van der Waals surface area contributed by atoms with Gasteiger partial charge in [0.2, 0.25) is 5.82 Å². The molecule has 5 aromatic rings. The third kappa shape index (κ3) is 3.25. The fourth-order valence-corrected chi connectivity index (χ4v) is 5.72. The average molecular weight is 467 g/mol. The number of para-hydroxylation sites is 1. The van der Waals surface area contributed by atoms with Crippen LogP contribution < -0.4 is 14.5 Å².